The summed E-state index contributed by atoms with van der Waals surface area (Å²) in [5.41, 5.74) is 0.474. The molecule has 23 heavy (non-hydrogen) atoms. The van der Waals surface area contributed by atoms with E-state index in [1.807, 2.05) is 51.1 Å². The highest BCUT2D eigenvalue weighted by Gasteiger charge is 2.37. The highest BCUT2D eigenvalue weighted by molar-refractivity contribution is 5.72. The average Bonchev–Trinajstić information content (AvgIpc) is 2.93. The third-order valence-corrected chi connectivity index (χ3v) is 4.06. The van der Waals surface area contributed by atoms with Crippen molar-refractivity contribution < 1.29 is 19.4 Å². The van der Waals surface area contributed by atoms with E-state index < -0.39 is 17.5 Å². The lowest BCUT2D eigenvalue weighted by atomic mass is 9.86. The summed E-state index contributed by atoms with van der Waals surface area (Å²) in [6.45, 7) is 6.48. The number of hydrogen-bond donors (Lipinski definition) is 1. The predicted molar refractivity (Wildman–Crippen MR) is 87.2 cm³/mol. The van der Waals surface area contributed by atoms with Gasteiger partial charge in [-0.2, -0.15) is 0 Å². The molecule has 0 aliphatic carbocycles. The third-order valence-electron chi connectivity index (χ3n) is 4.06. The molecule has 1 N–H and O–H groups in total. The number of aliphatic carboxylic acids is 1. The second kappa shape index (κ2) is 7.02. The normalized spacial score (nSPS) is 19.4. The molecule has 5 heteroatoms. The molecule has 1 aliphatic heterocycles. The first-order chi connectivity index (χ1) is 10.8. The van der Waals surface area contributed by atoms with Crippen molar-refractivity contribution in [3.05, 3.63) is 35.9 Å². The molecule has 0 aromatic heterocycles. The highest BCUT2D eigenvalue weighted by Crippen LogP contribution is 2.28. The minimum Gasteiger partial charge on any atom is -0.481 e. The maximum atomic E-state index is 12.1. The number of benzene rings is 1. The zero-order valence-corrected chi connectivity index (χ0v) is 14.0. The summed E-state index contributed by atoms with van der Waals surface area (Å²) in [5, 5.41) is 9.57. The summed E-state index contributed by atoms with van der Waals surface area (Å²) in [4.78, 5) is 25.4. The number of nitrogens with zero attached hydrogens (tertiary/aromatic N) is 1. The number of likely N-dealkylation sites (tertiary alicyclic amines) is 1. The summed E-state index contributed by atoms with van der Waals surface area (Å²) in [7, 11) is 0. The zero-order chi connectivity index (χ0) is 17.0. The third kappa shape index (κ3) is 4.98. The van der Waals surface area contributed by atoms with Crippen LogP contribution in [0.4, 0.5) is 4.79 Å². The molecule has 1 aliphatic rings. The fraction of sp³-hybridized carbons (Fsp3) is 0.556. The maximum absolute atomic E-state index is 12.1. The molecule has 1 saturated heterocycles. The van der Waals surface area contributed by atoms with Gasteiger partial charge in [-0.3, -0.25) is 4.79 Å². The van der Waals surface area contributed by atoms with Crippen molar-refractivity contribution in [1.82, 2.24) is 4.90 Å². The van der Waals surface area contributed by atoms with Crippen LogP contribution < -0.4 is 0 Å². The standard InChI is InChI=1S/C18H25NO4/c1-18(2,3)23-17(22)19-10-9-14(12-19)15(16(20)21)11-13-7-5-4-6-8-13/h4-8,14-15H,9-12H2,1-3H3,(H,20,21)/t14-,15-/m1/s1. The minimum atomic E-state index is -0.801. The van der Waals surface area contributed by atoms with Crippen molar-refractivity contribution in [3.8, 4) is 0 Å². The summed E-state index contributed by atoms with van der Waals surface area (Å²) in [6.07, 6.45) is 0.829. The summed E-state index contributed by atoms with van der Waals surface area (Å²) >= 11 is 0. The van der Waals surface area contributed by atoms with Gasteiger partial charge in [0.1, 0.15) is 5.60 Å². The Hall–Kier alpha value is -2.04. The average molecular weight is 319 g/mol. The molecule has 0 spiro atoms. The molecule has 1 heterocycles. The molecular weight excluding hydrogens is 294 g/mol. The number of carbonyl (C=O) groups excluding carboxylic acids is 1. The van der Waals surface area contributed by atoms with Gasteiger partial charge >= 0.3 is 12.1 Å². The van der Waals surface area contributed by atoms with Gasteiger partial charge in [0, 0.05) is 13.1 Å². The van der Waals surface area contributed by atoms with Gasteiger partial charge in [-0.25, -0.2) is 4.79 Å². The molecule has 1 aromatic rings. The Morgan fingerprint density at radius 2 is 1.96 bits per heavy atom. The number of ether oxygens (including phenoxy) is 1. The Balaban J connectivity index is 1.99. The smallest absolute Gasteiger partial charge is 0.410 e. The van der Waals surface area contributed by atoms with Gasteiger partial charge in [-0.15, -0.1) is 0 Å². The second-order valence-electron chi connectivity index (χ2n) is 7.11. The van der Waals surface area contributed by atoms with Crippen LogP contribution in [0.2, 0.25) is 0 Å². The van der Waals surface area contributed by atoms with Crippen molar-refractivity contribution in [2.24, 2.45) is 11.8 Å². The molecule has 1 fully saturated rings. The second-order valence-corrected chi connectivity index (χ2v) is 7.11. The van der Waals surface area contributed by atoms with Crippen molar-refractivity contribution in [2.45, 2.75) is 39.2 Å². The summed E-state index contributed by atoms with van der Waals surface area (Å²) < 4.78 is 5.37. The minimum absolute atomic E-state index is 0.0415. The van der Waals surface area contributed by atoms with Crippen LogP contribution in [-0.4, -0.2) is 40.8 Å². The zero-order valence-electron chi connectivity index (χ0n) is 14.0. The SMILES string of the molecule is CC(C)(C)OC(=O)N1CC[C@@H]([C@@H](Cc2ccccc2)C(=O)O)C1. The first-order valence-corrected chi connectivity index (χ1v) is 8.01. The molecule has 0 radical (unpaired) electrons. The Morgan fingerprint density at radius 1 is 1.30 bits per heavy atom. The number of hydrogen-bond acceptors (Lipinski definition) is 3. The molecule has 0 bridgehead atoms. The first-order valence-electron chi connectivity index (χ1n) is 8.01. The van der Waals surface area contributed by atoms with E-state index in [4.69, 9.17) is 4.74 Å². The van der Waals surface area contributed by atoms with Crippen molar-refractivity contribution in [1.29, 1.82) is 0 Å². The Kier molecular flexibility index (Phi) is 5.29. The van der Waals surface area contributed by atoms with Gasteiger partial charge in [0.05, 0.1) is 5.92 Å². The van der Waals surface area contributed by atoms with E-state index in [1.54, 1.807) is 4.90 Å². The van der Waals surface area contributed by atoms with Crippen LogP contribution >= 0.6 is 0 Å². The molecule has 2 atom stereocenters. The van der Waals surface area contributed by atoms with Crippen LogP contribution in [0.25, 0.3) is 0 Å². The number of carboxylic acid groups (broad SMARTS) is 1. The maximum Gasteiger partial charge on any atom is 0.410 e. The lowest BCUT2D eigenvalue weighted by molar-refractivity contribution is -0.143. The Labute approximate surface area is 137 Å². The van der Waals surface area contributed by atoms with Crippen LogP contribution in [0, 0.1) is 11.8 Å². The largest absolute Gasteiger partial charge is 0.481 e. The van der Waals surface area contributed by atoms with E-state index in [1.165, 1.54) is 0 Å². The fourth-order valence-corrected chi connectivity index (χ4v) is 2.93. The quantitative estimate of drug-likeness (QED) is 0.925. The van der Waals surface area contributed by atoms with Gasteiger partial charge in [-0.1, -0.05) is 30.3 Å². The monoisotopic (exact) mass is 319 g/mol. The highest BCUT2D eigenvalue weighted by atomic mass is 16.6. The molecule has 0 saturated carbocycles. The molecule has 1 amide bonds. The van der Waals surface area contributed by atoms with Gasteiger partial charge in [0.15, 0.2) is 0 Å². The Bertz CT molecular complexity index is 550. The van der Waals surface area contributed by atoms with E-state index in [0.29, 0.717) is 25.9 Å². The van der Waals surface area contributed by atoms with Gasteiger partial charge < -0.3 is 14.7 Å². The van der Waals surface area contributed by atoms with Crippen LogP contribution in [0.1, 0.15) is 32.8 Å². The van der Waals surface area contributed by atoms with Crippen LogP contribution in [0.15, 0.2) is 30.3 Å². The summed E-state index contributed by atoms with van der Waals surface area (Å²) in [5.74, 6) is -1.32. The van der Waals surface area contributed by atoms with E-state index in [0.717, 1.165) is 5.56 Å². The van der Waals surface area contributed by atoms with Crippen molar-refractivity contribution >= 4 is 12.1 Å². The van der Waals surface area contributed by atoms with Gasteiger partial charge in [0.2, 0.25) is 0 Å². The van der Waals surface area contributed by atoms with Crippen LogP contribution in [0.5, 0.6) is 0 Å². The summed E-state index contributed by atoms with van der Waals surface area (Å²) in [6, 6.07) is 9.62. The number of carbonyl (C=O) groups is 2. The molecule has 0 unspecified atom stereocenters. The van der Waals surface area contributed by atoms with Crippen molar-refractivity contribution in [3.63, 3.8) is 0 Å². The van der Waals surface area contributed by atoms with Crippen molar-refractivity contribution in [2.75, 3.05) is 13.1 Å². The number of carboxylic acids is 1. The Morgan fingerprint density at radius 3 is 2.52 bits per heavy atom. The van der Waals surface area contributed by atoms with Gasteiger partial charge in [0.25, 0.3) is 0 Å². The van der Waals surface area contributed by atoms with E-state index in [-0.39, 0.29) is 12.0 Å². The lowest BCUT2D eigenvalue weighted by Gasteiger charge is -2.25. The molecule has 126 valence electrons. The van der Waals surface area contributed by atoms with E-state index >= 15 is 0 Å². The van der Waals surface area contributed by atoms with Gasteiger partial charge in [-0.05, 0) is 45.1 Å². The number of rotatable bonds is 4. The van der Waals surface area contributed by atoms with Crippen LogP contribution in [0.3, 0.4) is 0 Å². The van der Waals surface area contributed by atoms with Crippen LogP contribution in [-0.2, 0) is 16.0 Å². The lowest BCUT2D eigenvalue weighted by Crippen LogP contribution is -2.36. The molecule has 2 rings (SSSR count). The topological polar surface area (TPSA) is 66.8 Å². The predicted octanol–water partition coefficient (Wildman–Crippen LogP) is 3.19. The number of amides is 1. The molecular formula is C18H25NO4. The fourth-order valence-electron chi connectivity index (χ4n) is 2.93. The molecule has 1 aromatic carbocycles. The van der Waals surface area contributed by atoms with E-state index in [9.17, 15) is 14.7 Å². The molecule has 5 nitrogen and oxygen atoms in total. The van der Waals surface area contributed by atoms with E-state index in [2.05, 4.69) is 0 Å². The first kappa shape index (κ1) is 17.3.